The Hall–Kier alpha value is -1.79. The molecule has 5 nitrogen and oxygen atoms in total. The number of hydrogen-bond donors (Lipinski definition) is 1. The monoisotopic (exact) mass is 472 g/mol. The van der Waals surface area contributed by atoms with Gasteiger partial charge in [-0.25, -0.2) is 4.39 Å². The zero-order chi connectivity index (χ0) is 23.9. The maximum atomic E-state index is 13.1. The van der Waals surface area contributed by atoms with E-state index in [1.807, 2.05) is 0 Å². The molecule has 0 spiro atoms. The number of amides is 1. The fourth-order valence-corrected chi connectivity index (χ4v) is 6.21. The van der Waals surface area contributed by atoms with Crippen LogP contribution in [-0.4, -0.2) is 55.5 Å². The van der Waals surface area contributed by atoms with Crippen LogP contribution in [0.3, 0.4) is 0 Å². The fraction of sp³-hybridized carbons (Fsp3) is 0.714. The lowest BCUT2D eigenvalue weighted by atomic mass is 9.83. The number of halogens is 1. The second-order valence-corrected chi connectivity index (χ2v) is 10.8. The molecule has 1 saturated heterocycles. The first-order valence-corrected chi connectivity index (χ1v) is 13.3. The number of hydrogen-bond acceptors (Lipinski definition) is 4. The number of rotatable bonds is 9. The van der Waals surface area contributed by atoms with E-state index < -0.39 is 0 Å². The minimum Gasteiger partial charge on any atom is -0.381 e. The zero-order valence-electron chi connectivity index (χ0n) is 20.6. The standard InChI is InChI=1S/C28H41FN2O3/c1-34-26-11-4-21(18-26)19-27(32)30-25-9-2-20(3-10-25)12-15-31-16-13-23(14-17-31)28(33)22-5-7-24(29)8-6-22/h5-8,20-21,23,25-26H,2-4,9-19H2,1H3,(H,30,32)/t20?,21-,25?,26-/m0/s1. The Morgan fingerprint density at radius 2 is 1.65 bits per heavy atom. The molecule has 4 rings (SSSR count). The summed E-state index contributed by atoms with van der Waals surface area (Å²) in [5, 5.41) is 3.29. The van der Waals surface area contributed by atoms with Gasteiger partial charge in [-0.2, -0.15) is 0 Å². The van der Waals surface area contributed by atoms with Crippen molar-refractivity contribution in [3.63, 3.8) is 0 Å². The lowest BCUT2D eigenvalue weighted by Crippen LogP contribution is -2.39. The van der Waals surface area contributed by atoms with Crippen LogP contribution in [0.15, 0.2) is 24.3 Å². The number of ketones is 1. The molecule has 1 aromatic rings. The van der Waals surface area contributed by atoms with Crippen molar-refractivity contribution in [1.29, 1.82) is 0 Å². The topological polar surface area (TPSA) is 58.6 Å². The maximum Gasteiger partial charge on any atom is 0.220 e. The number of piperidine rings is 1. The lowest BCUT2D eigenvalue weighted by Gasteiger charge is -2.34. The molecule has 3 fully saturated rings. The number of ether oxygens (including phenoxy) is 1. The third-order valence-electron chi connectivity index (χ3n) is 8.45. The molecule has 1 amide bonds. The first kappa shape index (κ1) is 25.3. The van der Waals surface area contributed by atoms with E-state index in [0.29, 0.717) is 30.0 Å². The van der Waals surface area contributed by atoms with Gasteiger partial charge in [-0.3, -0.25) is 9.59 Å². The van der Waals surface area contributed by atoms with Crippen LogP contribution >= 0.6 is 0 Å². The molecule has 0 aromatic heterocycles. The van der Waals surface area contributed by atoms with Crippen molar-refractivity contribution in [2.75, 3.05) is 26.7 Å². The van der Waals surface area contributed by atoms with Gasteiger partial charge in [-0.1, -0.05) is 0 Å². The van der Waals surface area contributed by atoms with Gasteiger partial charge < -0.3 is 15.0 Å². The molecule has 0 bridgehead atoms. The van der Waals surface area contributed by atoms with E-state index in [1.54, 1.807) is 19.2 Å². The SMILES string of the molecule is CO[C@H]1CC[C@H](CC(=O)NC2CCC(CCN3CCC(C(=O)c4ccc(F)cc4)CC3)CC2)C1. The number of carbonyl (C=O) groups excluding carboxylic acids is 2. The van der Waals surface area contributed by atoms with Crippen molar-refractivity contribution in [2.24, 2.45) is 17.8 Å². The van der Waals surface area contributed by atoms with Gasteiger partial charge in [0, 0.05) is 31.1 Å². The molecule has 2 atom stereocenters. The molecule has 1 aliphatic heterocycles. The van der Waals surface area contributed by atoms with Gasteiger partial charge in [-0.15, -0.1) is 0 Å². The fourth-order valence-electron chi connectivity index (χ4n) is 6.21. The number of methoxy groups -OCH3 is 1. The third-order valence-corrected chi connectivity index (χ3v) is 8.45. The van der Waals surface area contributed by atoms with E-state index in [1.165, 1.54) is 31.4 Å². The molecule has 188 valence electrons. The van der Waals surface area contributed by atoms with Crippen molar-refractivity contribution in [2.45, 2.75) is 82.8 Å². The highest BCUT2D eigenvalue weighted by Crippen LogP contribution is 2.31. The summed E-state index contributed by atoms with van der Waals surface area (Å²) in [6.07, 6.45) is 11.8. The summed E-state index contributed by atoms with van der Waals surface area (Å²) in [5.74, 6) is 1.37. The van der Waals surface area contributed by atoms with Gasteiger partial charge in [0.25, 0.3) is 0 Å². The van der Waals surface area contributed by atoms with Crippen LogP contribution in [0, 0.1) is 23.6 Å². The number of likely N-dealkylation sites (tertiary alicyclic amines) is 1. The van der Waals surface area contributed by atoms with E-state index in [0.717, 1.165) is 70.5 Å². The molecule has 1 heterocycles. The second-order valence-electron chi connectivity index (χ2n) is 10.8. The Bertz CT molecular complexity index is 798. The van der Waals surface area contributed by atoms with Crippen LogP contribution in [0.2, 0.25) is 0 Å². The van der Waals surface area contributed by atoms with Crippen LogP contribution in [-0.2, 0) is 9.53 Å². The average Bonchev–Trinajstić information content (AvgIpc) is 3.31. The van der Waals surface area contributed by atoms with Gasteiger partial charge in [-0.05, 0) is 120 Å². The molecule has 34 heavy (non-hydrogen) atoms. The van der Waals surface area contributed by atoms with Crippen molar-refractivity contribution in [1.82, 2.24) is 10.2 Å². The quantitative estimate of drug-likeness (QED) is 0.515. The molecule has 2 saturated carbocycles. The summed E-state index contributed by atoms with van der Waals surface area (Å²) in [4.78, 5) is 27.6. The Morgan fingerprint density at radius 1 is 0.971 bits per heavy atom. The molecule has 3 aliphatic rings. The van der Waals surface area contributed by atoms with Crippen molar-refractivity contribution in [3.05, 3.63) is 35.6 Å². The summed E-state index contributed by atoms with van der Waals surface area (Å²) in [6.45, 7) is 3.03. The summed E-state index contributed by atoms with van der Waals surface area (Å²) in [5.41, 5.74) is 0.631. The number of nitrogens with one attached hydrogen (secondary N) is 1. The highest BCUT2D eigenvalue weighted by Gasteiger charge is 2.29. The van der Waals surface area contributed by atoms with Gasteiger partial charge in [0.15, 0.2) is 5.78 Å². The largest absolute Gasteiger partial charge is 0.381 e. The number of nitrogens with zero attached hydrogens (tertiary/aromatic N) is 1. The zero-order valence-corrected chi connectivity index (χ0v) is 20.6. The maximum absolute atomic E-state index is 13.1. The third kappa shape index (κ3) is 7.11. The van der Waals surface area contributed by atoms with Gasteiger partial charge >= 0.3 is 0 Å². The van der Waals surface area contributed by atoms with Crippen LogP contribution in [0.1, 0.15) is 81.0 Å². The molecule has 1 N–H and O–H groups in total. The van der Waals surface area contributed by atoms with Gasteiger partial charge in [0.1, 0.15) is 5.82 Å². The molecule has 6 heteroatoms. The number of Topliss-reactive ketones (excluding diaryl/α,β-unsaturated/α-hetero) is 1. The van der Waals surface area contributed by atoms with E-state index in [2.05, 4.69) is 10.2 Å². The first-order chi connectivity index (χ1) is 16.5. The second kappa shape index (κ2) is 12.3. The Balaban J connectivity index is 1.09. The van der Waals surface area contributed by atoms with Crippen molar-refractivity contribution >= 4 is 11.7 Å². The minimum absolute atomic E-state index is 0.0605. The minimum atomic E-state index is -0.299. The Morgan fingerprint density at radius 3 is 2.29 bits per heavy atom. The molecule has 2 aliphatic carbocycles. The molecule has 0 radical (unpaired) electrons. The van der Waals surface area contributed by atoms with Gasteiger partial charge in [0.2, 0.25) is 5.91 Å². The van der Waals surface area contributed by atoms with E-state index >= 15 is 0 Å². The molecule has 0 unspecified atom stereocenters. The van der Waals surface area contributed by atoms with Gasteiger partial charge in [0.05, 0.1) is 6.10 Å². The highest BCUT2D eigenvalue weighted by atomic mass is 19.1. The Labute approximate surface area is 203 Å². The number of benzene rings is 1. The summed E-state index contributed by atoms with van der Waals surface area (Å²) in [6, 6.07) is 6.30. The predicted molar refractivity (Wildman–Crippen MR) is 131 cm³/mol. The van der Waals surface area contributed by atoms with Crippen LogP contribution in [0.25, 0.3) is 0 Å². The van der Waals surface area contributed by atoms with Crippen molar-refractivity contribution < 1.29 is 18.7 Å². The normalized spacial score (nSPS) is 28.6. The first-order valence-electron chi connectivity index (χ1n) is 13.3. The lowest BCUT2D eigenvalue weighted by molar-refractivity contribution is -0.123. The molecule has 1 aromatic carbocycles. The number of carbonyl (C=O) groups is 2. The summed E-state index contributed by atoms with van der Waals surface area (Å²) in [7, 11) is 1.77. The smallest absolute Gasteiger partial charge is 0.220 e. The van der Waals surface area contributed by atoms with Crippen molar-refractivity contribution in [3.8, 4) is 0 Å². The molecular formula is C28H41FN2O3. The highest BCUT2D eigenvalue weighted by molar-refractivity contribution is 5.97. The summed E-state index contributed by atoms with van der Waals surface area (Å²) >= 11 is 0. The van der Waals surface area contributed by atoms with Crippen LogP contribution < -0.4 is 5.32 Å². The van der Waals surface area contributed by atoms with Crippen LogP contribution in [0.5, 0.6) is 0 Å². The van der Waals surface area contributed by atoms with E-state index in [9.17, 15) is 14.0 Å². The van der Waals surface area contributed by atoms with E-state index in [4.69, 9.17) is 4.74 Å². The average molecular weight is 473 g/mol. The van der Waals surface area contributed by atoms with Crippen LogP contribution in [0.4, 0.5) is 4.39 Å². The molecular weight excluding hydrogens is 431 g/mol. The summed E-state index contributed by atoms with van der Waals surface area (Å²) < 4.78 is 18.5. The predicted octanol–water partition coefficient (Wildman–Crippen LogP) is 4.99. The Kier molecular flexibility index (Phi) is 9.12. The van der Waals surface area contributed by atoms with E-state index in [-0.39, 0.29) is 23.4 Å².